The fourth-order valence-corrected chi connectivity index (χ4v) is 3.76. The Morgan fingerprint density at radius 1 is 0.943 bits per heavy atom. The summed E-state index contributed by atoms with van der Waals surface area (Å²) in [5.74, 6) is 1.07. The molecule has 0 aliphatic heterocycles. The standard InChI is InChI=1S/C27H27N5O3/c1-19(20-10-12-22(13-11-20)32-15-14-29-18-32)30-26(33)17-25(31-27(28)34)21-6-5-9-24(16-21)35-23-7-3-2-4-8-23/h2-16,18-19,25H,17H2,1H3,(H,30,33)(H3,28,31,34). The van der Waals surface area contributed by atoms with Crippen LogP contribution in [0.25, 0.3) is 5.69 Å². The number of para-hydroxylation sites is 1. The Bertz CT molecular complexity index is 1260. The second kappa shape index (κ2) is 11.0. The van der Waals surface area contributed by atoms with Crippen molar-refractivity contribution in [3.8, 4) is 17.2 Å². The van der Waals surface area contributed by atoms with E-state index in [1.807, 2.05) is 90.5 Å². The number of carbonyl (C=O) groups is 2. The van der Waals surface area contributed by atoms with E-state index in [0.29, 0.717) is 17.1 Å². The third-order valence-electron chi connectivity index (χ3n) is 5.52. The van der Waals surface area contributed by atoms with Crippen LogP contribution in [0.4, 0.5) is 4.79 Å². The van der Waals surface area contributed by atoms with Gasteiger partial charge < -0.3 is 25.7 Å². The van der Waals surface area contributed by atoms with Gasteiger partial charge in [-0.15, -0.1) is 0 Å². The number of primary amides is 1. The number of nitrogens with one attached hydrogen (secondary N) is 2. The zero-order valence-electron chi connectivity index (χ0n) is 19.3. The van der Waals surface area contributed by atoms with E-state index in [0.717, 1.165) is 11.3 Å². The molecule has 0 saturated carbocycles. The maximum Gasteiger partial charge on any atom is 0.312 e. The Morgan fingerprint density at radius 2 is 1.69 bits per heavy atom. The number of urea groups is 1. The number of ether oxygens (including phenoxy) is 1. The lowest BCUT2D eigenvalue weighted by Crippen LogP contribution is -2.37. The number of aromatic nitrogens is 2. The van der Waals surface area contributed by atoms with Gasteiger partial charge in [-0.05, 0) is 54.4 Å². The Hall–Kier alpha value is -4.59. The summed E-state index contributed by atoms with van der Waals surface area (Å²) < 4.78 is 7.79. The molecule has 8 nitrogen and oxygen atoms in total. The molecule has 3 amide bonds. The first kappa shape index (κ1) is 23.6. The van der Waals surface area contributed by atoms with Crippen molar-refractivity contribution in [3.63, 3.8) is 0 Å². The Morgan fingerprint density at radius 3 is 2.37 bits per heavy atom. The SMILES string of the molecule is CC(NC(=O)CC(NC(N)=O)c1cccc(Oc2ccccc2)c1)c1ccc(-n2ccnc2)cc1. The molecular weight excluding hydrogens is 442 g/mol. The van der Waals surface area contributed by atoms with Crippen LogP contribution in [-0.2, 0) is 4.79 Å². The number of nitrogens with two attached hydrogens (primary N) is 1. The van der Waals surface area contributed by atoms with E-state index in [4.69, 9.17) is 10.5 Å². The fourth-order valence-electron chi connectivity index (χ4n) is 3.76. The Balaban J connectivity index is 1.42. The molecule has 0 bridgehead atoms. The molecular formula is C27H27N5O3. The zero-order valence-corrected chi connectivity index (χ0v) is 19.3. The summed E-state index contributed by atoms with van der Waals surface area (Å²) in [6, 6.07) is 22.9. The Labute approximate surface area is 203 Å². The molecule has 3 aromatic carbocycles. The first-order chi connectivity index (χ1) is 17.0. The molecule has 0 aliphatic carbocycles. The average Bonchev–Trinajstić information content (AvgIpc) is 3.39. The van der Waals surface area contributed by atoms with Gasteiger partial charge in [-0.2, -0.15) is 0 Å². The minimum atomic E-state index is -0.708. The molecule has 4 N–H and O–H groups in total. The van der Waals surface area contributed by atoms with E-state index >= 15 is 0 Å². The van der Waals surface area contributed by atoms with Crippen LogP contribution in [0, 0.1) is 0 Å². The molecule has 4 aromatic rings. The van der Waals surface area contributed by atoms with Gasteiger partial charge in [-0.1, -0.05) is 42.5 Å². The van der Waals surface area contributed by atoms with Crippen LogP contribution in [0.15, 0.2) is 97.6 Å². The molecule has 2 atom stereocenters. The van der Waals surface area contributed by atoms with Gasteiger partial charge in [0, 0.05) is 18.1 Å². The van der Waals surface area contributed by atoms with Crippen LogP contribution in [-0.4, -0.2) is 21.5 Å². The van der Waals surface area contributed by atoms with Crippen molar-refractivity contribution in [1.29, 1.82) is 0 Å². The van der Waals surface area contributed by atoms with Gasteiger partial charge in [0.2, 0.25) is 5.91 Å². The molecule has 178 valence electrons. The van der Waals surface area contributed by atoms with Crippen molar-refractivity contribution in [2.45, 2.75) is 25.4 Å². The lowest BCUT2D eigenvalue weighted by atomic mass is 10.0. The van der Waals surface area contributed by atoms with Crippen molar-refractivity contribution in [2.75, 3.05) is 0 Å². The first-order valence-corrected chi connectivity index (χ1v) is 11.2. The third-order valence-corrected chi connectivity index (χ3v) is 5.52. The van der Waals surface area contributed by atoms with Crippen LogP contribution in [0.2, 0.25) is 0 Å². The number of imidazole rings is 1. The van der Waals surface area contributed by atoms with Gasteiger partial charge in [0.25, 0.3) is 0 Å². The highest BCUT2D eigenvalue weighted by Crippen LogP contribution is 2.26. The summed E-state index contributed by atoms with van der Waals surface area (Å²) in [7, 11) is 0. The second-order valence-corrected chi connectivity index (χ2v) is 8.10. The third kappa shape index (κ3) is 6.48. The largest absolute Gasteiger partial charge is 0.457 e. The lowest BCUT2D eigenvalue weighted by molar-refractivity contribution is -0.122. The normalized spacial score (nSPS) is 12.4. The minimum Gasteiger partial charge on any atom is -0.457 e. The van der Waals surface area contributed by atoms with Crippen LogP contribution in [0.1, 0.15) is 36.6 Å². The molecule has 2 unspecified atom stereocenters. The number of nitrogens with zero attached hydrogens (tertiary/aromatic N) is 2. The summed E-state index contributed by atoms with van der Waals surface area (Å²) >= 11 is 0. The average molecular weight is 470 g/mol. The highest BCUT2D eigenvalue weighted by Gasteiger charge is 2.20. The van der Waals surface area contributed by atoms with Crippen molar-refractivity contribution in [3.05, 3.63) is 109 Å². The first-order valence-electron chi connectivity index (χ1n) is 11.2. The number of amides is 3. The van der Waals surface area contributed by atoms with E-state index in [1.54, 1.807) is 18.6 Å². The second-order valence-electron chi connectivity index (χ2n) is 8.10. The maximum absolute atomic E-state index is 12.9. The van der Waals surface area contributed by atoms with E-state index < -0.39 is 12.1 Å². The van der Waals surface area contributed by atoms with Crippen LogP contribution >= 0.6 is 0 Å². The number of carbonyl (C=O) groups excluding carboxylic acids is 2. The predicted octanol–water partition coefficient (Wildman–Crippen LogP) is 4.64. The van der Waals surface area contributed by atoms with E-state index in [2.05, 4.69) is 15.6 Å². The summed E-state index contributed by atoms with van der Waals surface area (Å²) in [5, 5.41) is 5.66. The molecule has 35 heavy (non-hydrogen) atoms. The Kier molecular flexibility index (Phi) is 7.42. The minimum absolute atomic E-state index is 0.0230. The molecule has 0 aliphatic rings. The van der Waals surface area contributed by atoms with E-state index in [1.165, 1.54) is 0 Å². The summed E-state index contributed by atoms with van der Waals surface area (Å²) in [5.41, 5.74) is 8.05. The highest BCUT2D eigenvalue weighted by atomic mass is 16.5. The lowest BCUT2D eigenvalue weighted by Gasteiger charge is -2.21. The zero-order chi connectivity index (χ0) is 24.6. The smallest absolute Gasteiger partial charge is 0.312 e. The van der Waals surface area contributed by atoms with Crippen molar-refractivity contribution >= 4 is 11.9 Å². The van der Waals surface area contributed by atoms with Crippen LogP contribution in [0.3, 0.4) is 0 Å². The molecule has 1 aromatic heterocycles. The monoisotopic (exact) mass is 469 g/mol. The quantitative estimate of drug-likeness (QED) is 0.331. The number of hydrogen-bond donors (Lipinski definition) is 3. The van der Waals surface area contributed by atoms with Crippen LogP contribution in [0.5, 0.6) is 11.5 Å². The van der Waals surface area contributed by atoms with Crippen molar-refractivity contribution in [1.82, 2.24) is 20.2 Å². The molecule has 1 heterocycles. The van der Waals surface area contributed by atoms with Crippen molar-refractivity contribution in [2.24, 2.45) is 5.73 Å². The summed E-state index contributed by atoms with van der Waals surface area (Å²) in [6.45, 7) is 1.91. The van der Waals surface area contributed by atoms with Gasteiger partial charge in [0.15, 0.2) is 0 Å². The van der Waals surface area contributed by atoms with Crippen LogP contribution < -0.4 is 21.1 Å². The summed E-state index contributed by atoms with van der Waals surface area (Å²) in [4.78, 5) is 28.6. The number of benzene rings is 3. The van der Waals surface area contributed by atoms with Gasteiger partial charge in [-0.25, -0.2) is 9.78 Å². The maximum atomic E-state index is 12.9. The topological polar surface area (TPSA) is 111 Å². The molecule has 0 saturated heterocycles. The molecule has 4 rings (SSSR count). The van der Waals surface area contributed by atoms with Crippen molar-refractivity contribution < 1.29 is 14.3 Å². The number of hydrogen-bond acceptors (Lipinski definition) is 4. The highest BCUT2D eigenvalue weighted by molar-refractivity contribution is 5.79. The molecule has 8 heteroatoms. The van der Waals surface area contributed by atoms with Gasteiger partial charge in [0.05, 0.1) is 24.8 Å². The molecule has 0 radical (unpaired) electrons. The van der Waals surface area contributed by atoms with Gasteiger partial charge in [-0.3, -0.25) is 4.79 Å². The molecule has 0 spiro atoms. The van der Waals surface area contributed by atoms with E-state index in [9.17, 15) is 9.59 Å². The summed E-state index contributed by atoms with van der Waals surface area (Å²) in [6.07, 6.45) is 5.34. The van der Waals surface area contributed by atoms with Gasteiger partial charge >= 0.3 is 6.03 Å². The number of rotatable bonds is 9. The fraction of sp³-hybridized carbons (Fsp3) is 0.148. The predicted molar refractivity (Wildman–Crippen MR) is 133 cm³/mol. The van der Waals surface area contributed by atoms with E-state index in [-0.39, 0.29) is 18.4 Å². The van der Waals surface area contributed by atoms with Gasteiger partial charge in [0.1, 0.15) is 11.5 Å². The molecule has 0 fully saturated rings.